The van der Waals surface area contributed by atoms with Gasteiger partial charge in [-0.1, -0.05) is 29.8 Å². The molecule has 182 valence electrons. The summed E-state index contributed by atoms with van der Waals surface area (Å²) >= 11 is 13.1. The van der Waals surface area contributed by atoms with Crippen molar-refractivity contribution >= 4 is 78.8 Å². The molecule has 0 aromatic heterocycles. The van der Waals surface area contributed by atoms with Crippen molar-refractivity contribution in [3.63, 3.8) is 0 Å². The molecule has 12 heteroatoms. The number of hydrogen-bond donors (Lipinski definition) is 1. The molecule has 0 saturated carbocycles. The summed E-state index contributed by atoms with van der Waals surface area (Å²) in [5.41, 5.74) is 0.839. The van der Waals surface area contributed by atoms with E-state index in [0.29, 0.717) is 25.3 Å². The molecular weight excluding hydrogens is 622 g/mol. The number of halogens is 3. The molecule has 0 radical (unpaired) electrons. The monoisotopic (exact) mass is 633 g/mol. The van der Waals surface area contributed by atoms with E-state index in [1.807, 2.05) is 18.2 Å². The molecule has 0 aliphatic carbocycles. The van der Waals surface area contributed by atoms with E-state index in [1.54, 1.807) is 18.2 Å². The Morgan fingerprint density at radius 2 is 1.67 bits per heavy atom. The van der Waals surface area contributed by atoms with Crippen LogP contribution >= 0.6 is 43.5 Å². The molecule has 0 spiro atoms. The number of urea groups is 1. The molecule has 3 aromatic carbocycles. The first-order valence-electron chi connectivity index (χ1n) is 10.2. The minimum atomic E-state index is -0.957. The molecule has 4 rings (SSSR count). The van der Waals surface area contributed by atoms with Crippen LogP contribution in [-0.2, 0) is 16.2 Å². The summed E-state index contributed by atoms with van der Waals surface area (Å²) in [7, 11) is 0. The van der Waals surface area contributed by atoms with Crippen LogP contribution in [0.4, 0.5) is 16.2 Å². The van der Waals surface area contributed by atoms with Gasteiger partial charge in [-0.05, 0) is 73.8 Å². The van der Waals surface area contributed by atoms with Crippen molar-refractivity contribution in [1.82, 2.24) is 5.32 Å². The molecule has 9 nitrogen and oxygen atoms in total. The highest BCUT2D eigenvalue weighted by Crippen LogP contribution is 2.36. The van der Waals surface area contributed by atoms with Crippen LogP contribution < -0.4 is 15.0 Å². The minimum absolute atomic E-state index is 0.0761. The van der Waals surface area contributed by atoms with Crippen molar-refractivity contribution in [1.29, 1.82) is 0 Å². The number of rotatable bonds is 6. The number of carbonyl (C=O) groups is 3. The van der Waals surface area contributed by atoms with E-state index in [9.17, 15) is 24.5 Å². The lowest BCUT2D eigenvalue weighted by Gasteiger charge is -2.26. The van der Waals surface area contributed by atoms with Crippen LogP contribution in [0.1, 0.15) is 11.1 Å². The fourth-order valence-electron chi connectivity index (χ4n) is 3.35. The average molecular weight is 636 g/mol. The fourth-order valence-corrected chi connectivity index (χ4v) is 4.99. The zero-order valence-corrected chi connectivity index (χ0v) is 22.0. The summed E-state index contributed by atoms with van der Waals surface area (Å²) in [5.74, 6) is -1.25. The number of amides is 4. The number of ether oxygens (including phenoxy) is 1. The Hall–Kier alpha value is -3.54. The highest BCUT2D eigenvalue weighted by molar-refractivity contribution is 9.11. The zero-order valence-electron chi connectivity index (χ0n) is 18.0. The third-order valence-electron chi connectivity index (χ3n) is 5.08. The van der Waals surface area contributed by atoms with Crippen LogP contribution in [0.25, 0.3) is 6.08 Å². The van der Waals surface area contributed by atoms with Crippen molar-refractivity contribution in [2.75, 3.05) is 4.90 Å². The maximum Gasteiger partial charge on any atom is 0.335 e. The van der Waals surface area contributed by atoms with Crippen molar-refractivity contribution in [2.45, 2.75) is 6.61 Å². The molecule has 1 fully saturated rings. The number of nitrogens with one attached hydrogen (secondary N) is 1. The highest BCUT2D eigenvalue weighted by atomic mass is 79.9. The number of hydrogen-bond acceptors (Lipinski definition) is 6. The summed E-state index contributed by atoms with van der Waals surface area (Å²) in [6.07, 6.45) is 1.33. The molecule has 0 bridgehead atoms. The Kier molecular flexibility index (Phi) is 7.53. The Balaban J connectivity index is 1.61. The second kappa shape index (κ2) is 10.6. The van der Waals surface area contributed by atoms with E-state index in [1.165, 1.54) is 18.2 Å². The molecule has 1 heterocycles. The summed E-state index contributed by atoms with van der Waals surface area (Å²) in [6, 6.07) is 14.4. The highest BCUT2D eigenvalue weighted by Gasteiger charge is 2.37. The second-order valence-corrected chi connectivity index (χ2v) is 9.54. The van der Waals surface area contributed by atoms with E-state index >= 15 is 0 Å². The van der Waals surface area contributed by atoms with Gasteiger partial charge in [0.05, 0.1) is 19.6 Å². The van der Waals surface area contributed by atoms with E-state index < -0.39 is 22.8 Å². The zero-order chi connectivity index (χ0) is 26.0. The smallest absolute Gasteiger partial charge is 0.335 e. The number of nitro benzene ring substituents is 1. The number of anilines is 1. The van der Waals surface area contributed by atoms with E-state index in [-0.39, 0.29) is 23.6 Å². The molecule has 1 N–H and O–H groups in total. The fraction of sp³-hybridized carbons (Fsp3) is 0.0417. The second-order valence-electron chi connectivity index (χ2n) is 7.43. The average Bonchev–Trinajstić information content (AvgIpc) is 2.82. The lowest BCUT2D eigenvalue weighted by Crippen LogP contribution is -2.54. The first-order chi connectivity index (χ1) is 17.2. The van der Waals surface area contributed by atoms with Crippen molar-refractivity contribution in [3.05, 3.63) is 101 Å². The normalized spacial score (nSPS) is 14.7. The molecule has 1 saturated heterocycles. The van der Waals surface area contributed by atoms with Crippen LogP contribution in [0.5, 0.6) is 5.75 Å². The molecule has 1 aliphatic heterocycles. The SMILES string of the molecule is O=C1NC(=O)N(c2ccc([N+](=O)[O-])cc2)C(=O)/C1=C/c1cc(Br)c(OCc2ccccc2Cl)c(Br)c1. The number of carbonyl (C=O) groups excluding carboxylic acids is 3. The number of barbiturate groups is 1. The maximum absolute atomic E-state index is 13.1. The predicted octanol–water partition coefficient (Wildman–Crippen LogP) is 6.02. The Morgan fingerprint density at radius 3 is 2.28 bits per heavy atom. The third kappa shape index (κ3) is 5.32. The number of nitrogens with zero attached hydrogens (tertiary/aromatic N) is 2. The van der Waals surface area contributed by atoms with E-state index in [2.05, 4.69) is 37.2 Å². The predicted molar refractivity (Wildman–Crippen MR) is 140 cm³/mol. The molecule has 36 heavy (non-hydrogen) atoms. The van der Waals surface area contributed by atoms with Crippen LogP contribution in [0, 0.1) is 10.1 Å². The van der Waals surface area contributed by atoms with E-state index in [4.69, 9.17) is 16.3 Å². The molecular formula is C24H14Br2ClN3O6. The van der Waals surface area contributed by atoms with Crippen LogP contribution in [0.2, 0.25) is 5.02 Å². The van der Waals surface area contributed by atoms with Crippen molar-refractivity contribution in [2.24, 2.45) is 0 Å². The standard InChI is InChI=1S/C24H14Br2ClN3O6/c25-18-10-13(11-19(26)21(18)36-12-14-3-1-2-4-20(14)27)9-17-22(31)28-24(33)29(23(17)32)15-5-7-16(8-6-15)30(34)35/h1-11H,12H2,(H,28,31,33)/b17-9+. The Bertz CT molecular complexity index is 1420. The number of nitro groups is 1. The first kappa shape index (κ1) is 25.5. The topological polar surface area (TPSA) is 119 Å². The maximum atomic E-state index is 13.1. The molecule has 1 aliphatic rings. The van der Waals surface area contributed by atoms with Gasteiger partial charge in [0.1, 0.15) is 17.9 Å². The molecule has 3 aromatic rings. The molecule has 0 unspecified atom stereocenters. The third-order valence-corrected chi connectivity index (χ3v) is 6.63. The van der Waals surface area contributed by atoms with Crippen LogP contribution in [0.15, 0.2) is 75.2 Å². The van der Waals surface area contributed by atoms with Crippen LogP contribution in [0.3, 0.4) is 0 Å². The summed E-state index contributed by atoms with van der Waals surface area (Å²) < 4.78 is 6.98. The van der Waals surface area contributed by atoms with Gasteiger partial charge in [-0.25, -0.2) is 9.69 Å². The lowest BCUT2D eigenvalue weighted by molar-refractivity contribution is -0.384. The number of non-ortho nitro benzene ring substituents is 1. The van der Waals surface area contributed by atoms with E-state index in [0.717, 1.165) is 22.6 Å². The van der Waals surface area contributed by atoms with Gasteiger partial charge in [0, 0.05) is 22.7 Å². The number of benzene rings is 3. The van der Waals surface area contributed by atoms with Gasteiger partial charge in [0.25, 0.3) is 17.5 Å². The molecule has 0 atom stereocenters. The van der Waals surface area contributed by atoms with Gasteiger partial charge in [-0.2, -0.15) is 0 Å². The summed E-state index contributed by atoms with van der Waals surface area (Å²) in [5, 5.41) is 13.6. The van der Waals surface area contributed by atoms with Crippen molar-refractivity contribution in [3.8, 4) is 5.75 Å². The minimum Gasteiger partial charge on any atom is -0.486 e. The largest absolute Gasteiger partial charge is 0.486 e. The summed E-state index contributed by atoms with van der Waals surface area (Å²) in [4.78, 5) is 48.9. The summed E-state index contributed by atoms with van der Waals surface area (Å²) in [6.45, 7) is 0.213. The Labute approximate surface area is 226 Å². The van der Waals surface area contributed by atoms with Gasteiger partial charge in [-0.15, -0.1) is 0 Å². The lowest BCUT2D eigenvalue weighted by atomic mass is 10.1. The van der Waals surface area contributed by atoms with Gasteiger partial charge in [-0.3, -0.25) is 25.0 Å². The van der Waals surface area contributed by atoms with Gasteiger partial charge in [0.15, 0.2) is 0 Å². The van der Waals surface area contributed by atoms with Gasteiger partial charge >= 0.3 is 6.03 Å². The number of imide groups is 2. The van der Waals surface area contributed by atoms with Crippen molar-refractivity contribution < 1.29 is 24.0 Å². The quantitative estimate of drug-likeness (QED) is 0.153. The molecule has 4 amide bonds. The van der Waals surface area contributed by atoms with Gasteiger partial charge in [0.2, 0.25) is 0 Å². The first-order valence-corrected chi connectivity index (χ1v) is 12.1. The van der Waals surface area contributed by atoms with Gasteiger partial charge < -0.3 is 4.74 Å². The van der Waals surface area contributed by atoms with Crippen LogP contribution in [-0.4, -0.2) is 22.8 Å². The Morgan fingerprint density at radius 1 is 1.03 bits per heavy atom.